The van der Waals surface area contributed by atoms with E-state index in [0.717, 1.165) is 89.3 Å². The molecule has 0 bridgehead atoms. The normalized spacial score (nSPS) is 10.6. The molecule has 12 nitrogen and oxygen atoms in total. The molecule has 10 heterocycles. The number of aromatic nitrogens is 8. The monoisotopic (exact) mass is 1000 g/mol. The number of nitrogens with one attached hydrogen (secondary N) is 1. The summed E-state index contributed by atoms with van der Waals surface area (Å²) in [6, 6.07) is 35.6. The van der Waals surface area contributed by atoms with E-state index in [1.807, 2.05) is 60.1 Å². The molecule has 0 unspecified atom stereocenters. The van der Waals surface area contributed by atoms with Gasteiger partial charge in [-0.2, -0.15) is 0 Å². The standard InChI is InChI=1S/C25H14N4S3.2C12H12N2O2.Ru/c1-4-14-21(26-11-1)22-15(5-2-12-27-22)24-23(14)28-25(29-24)20-10-9-19(32-20)18-8-7-17(31-18)16-6-3-13-30-16;2*1-15-9-3-5-13-11(7-9)12-8-10(16-2)4-6-14-12;/h1-13H,(H,28,29);2*3-8H,1-2H3;. The van der Waals surface area contributed by atoms with Crippen molar-refractivity contribution in [3.63, 3.8) is 0 Å². The molecular formula is C49H38N8O4RuS3. The molecule has 0 spiro atoms. The van der Waals surface area contributed by atoms with Crippen molar-refractivity contribution >= 4 is 66.8 Å². The van der Waals surface area contributed by atoms with Crippen LogP contribution in [0.4, 0.5) is 0 Å². The second-order valence-corrected chi connectivity index (χ2v) is 16.9. The third-order valence-corrected chi connectivity index (χ3v) is 13.4. The molecule has 0 aliphatic carbocycles. The van der Waals surface area contributed by atoms with Crippen LogP contribution in [0.1, 0.15) is 0 Å². The molecule has 324 valence electrons. The topological polar surface area (TPSA) is 143 Å². The smallest absolute Gasteiger partial charge is 0.148 e. The van der Waals surface area contributed by atoms with Crippen molar-refractivity contribution in [1.29, 1.82) is 0 Å². The van der Waals surface area contributed by atoms with Gasteiger partial charge in [0.05, 0.1) is 78.2 Å². The average molecular weight is 1000 g/mol. The van der Waals surface area contributed by atoms with Crippen LogP contribution in [0.3, 0.4) is 0 Å². The van der Waals surface area contributed by atoms with Crippen molar-refractivity contribution in [3.8, 4) is 76.0 Å². The first-order valence-electron chi connectivity index (χ1n) is 19.8. The van der Waals surface area contributed by atoms with Crippen molar-refractivity contribution in [2.75, 3.05) is 28.4 Å². The first-order chi connectivity index (χ1) is 31.5. The predicted molar refractivity (Wildman–Crippen MR) is 258 cm³/mol. The number of hydrogen-bond acceptors (Lipinski definition) is 14. The van der Waals surface area contributed by atoms with Crippen molar-refractivity contribution in [2.45, 2.75) is 0 Å². The van der Waals surface area contributed by atoms with Gasteiger partial charge in [0.1, 0.15) is 28.8 Å². The number of fused-ring (bicyclic) bond motifs is 6. The summed E-state index contributed by atoms with van der Waals surface area (Å²) in [7, 11) is 6.49. The van der Waals surface area contributed by atoms with Gasteiger partial charge in [-0.15, -0.1) is 34.0 Å². The molecule has 11 aromatic rings. The summed E-state index contributed by atoms with van der Waals surface area (Å²) >= 11 is 5.38. The van der Waals surface area contributed by atoms with Crippen molar-refractivity contribution in [1.82, 2.24) is 39.9 Å². The molecule has 1 N–H and O–H groups in total. The van der Waals surface area contributed by atoms with Crippen LogP contribution >= 0.6 is 34.0 Å². The van der Waals surface area contributed by atoms with E-state index in [0.29, 0.717) is 0 Å². The first kappa shape index (κ1) is 44.6. The van der Waals surface area contributed by atoms with Crippen LogP contribution in [0.2, 0.25) is 0 Å². The largest absolute Gasteiger partial charge is 0.497 e. The summed E-state index contributed by atoms with van der Waals surface area (Å²) in [4.78, 5) is 41.0. The maximum atomic E-state index is 5.13. The zero-order chi connectivity index (χ0) is 43.8. The fourth-order valence-electron chi connectivity index (χ4n) is 6.79. The van der Waals surface area contributed by atoms with E-state index < -0.39 is 0 Å². The van der Waals surface area contributed by atoms with Gasteiger partial charge in [-0.25, -0.2) is 4.98 Å². The zero-order valence-corrected chi connectivity index (χ0v) is 39.5. The predicted octanol–water partition coefficient (Wildman–Crippen LogP) is 12.2. The number of thiophene rings is 3. The van der Waals surface area contributed by atoms with E-state index >= 15 is 0 Å². The van der Waals surface area contributed by atoms with Gasteiger partial charge in [-0.05, 0) is 84.2 Å². The SMILES string of the molecule is COc1ccnc(-c2cc(OC)ccn2)c1.COc1ccnc(-c2cc(OC)ccn2)c1.[Ru].c1csc(-c2ccc(-c3ccc(-c4nc5c6cccnc6c6ncccc6c5[nH]4)s3)s2)c1. The van der Waals surface area contributed by atoms with Gasteiger partial charge in [0.25, 0.3) is 0 Å². The summed E-state index contributed by atoms with van der Waals surface area (Å²) in [5.41, 5.74) is 6.79. The Hall–Kier alpha value is -6.97. The van der Waals surface area contributed by atoms with Crippen molar-refractivity contribution in [2.24, 2.45) is 0 Å². The molecule has 10 aromatic heterocycles. The Bertz CT molecular complexity index is 3080. The van der Waals surface area contributed by atoms with Crippen LogP contribution in [-0.2, 0) is 19.5 Å². The fraction of sp³-hybridized carbons (Fsp3) is 0.0816. The second-order valence-electron chi connectivity index (χ2n) is 13.7. The third kappa shape index (κ3) is 9.91. The van der Waals surface area contributed by atoms with E-state index in [2.05, 4.69) is 88.8 Å². The molecule has 16 heteroatoms. The summed E-state index contributed by atoms with van der Waals surface area (Å²) < 4.78 is 20.5. The van der Waals surface area contributed by atoms with Crippen LogP contribution in [-0.4, -0.2) is 68.3 Å². The fourth-order valence-corrected chi connectivity index (χ4v) is 9.67. The van der Waals surface area contributed by atoms with Gasteiger partial charge in [0, 0.05) is 111 Å². The number of rotatable bonds is 9. The van der Waals surface area contributed by atoms with Gasteiger partial charge in [0.2, 0.25) is 0 Å². The van der Waals surface area contributed by atoms with Crippen LogP contribution in [0, 0.1) is 0 Å². The quantitative estimate of drug-likeness (QED) is 0.109. The minimum Gasteiger partial charge on any atom is -0.497 e. The maximum absolute atomic E-state index is 5.13. The number of imidazole rings is 1. The van der Waals surface area contributed by atoms with E-state index in [9.17, 15) is 0 Å². The van der Waals surface area contributed by atoms with Gasteiger partial charge in [-0.1, -0.05) is 6.07 Å². The van der Waals surface area contributed by atoms with Gasteiger partial charge >= 0.3 is 0 Å². The first-order valence-corrected chi connectivity index (χ1v) is 22.3. The number of hydrogen-bond donors (Lipinski definition) is 1. The van der Waals surface area contributed by atoms with Crippen molar-refractivity contribution in [3.05, 3.63) is 152 Å². The Morgan fingerprint density at radius 2 is 0.846 bits per heavy atom. The Kier molecular flexibility index (Phi) is 14.2. The van der Waals surface area contributed by atoms with Gasteiger partial charge in [-0.3, -0.25) is 29.9 Å². The summed E-state index contributed by atoms with van der Waals surface area (Å²) in [5, 5.41) is 4.19. The Morgan fingerprint density at radius 3 is 1.31 bits per heavy atom. The zero-order valence-electron chi connectivity index (χ0n) is 35.3. The molecule has 0 amide bonds. The van der Waals surface area contributed by atoms with E-state index in [1.165, 1.54) is 19.5 Å². The summed E-state index contributed by atoms with van der Waals surface area (Å²) in [6.45, 7) is 0. The molecule has 11 rings (SSSR count). The number of ether oxygens (including phenoxy) is 4. The number of methoxy groups -OCH3 is 4. The number of benzene rings is 1. The average Bonchev–Trinajstić information content (AvgIpc) is 4.23. The van der Waals surface area contributed by atoms with Crippen LogP contribution in [0.15, 0.2) is 152 Å². The van der Waals surface area contributed by atoms with Crippen LogP contribution < -0.4 is 18.9 Å². The number of nitrogens with zero attached hydrogens (tertiary/aromatic N) is 7. The molecule has 1 aromatic carbocycles. The van der Waals surface area contributed by atoms with Crippen LogP contribution in [0.25, 0.3) is 85.8 Å². The van der Waals surface area contributed by atoms with E-state index in [-0.39, 0.29) is 19.5 Å². The van der Waals surface area contributed by atoms with E-state index in [4.69, 9.17) is 23.9 Å². The van der Waals surface area contributed by atoms with Gasteiger partial charge < -0.3 is 23.9 Å². The Balaban J connectivity index is 0.000000148. The molecule has 0 saturated carbocycles. The molecular weight excluding hydrogens is 962 g/mol. The molecule has 0 aliphatic rings. The van der Waals surface area contributed by atoms with Crippen LogP contribution in [0.5, 0.6) is 23.0 Å². The number of pyridine rings is 6. The van der Waals surface area contributed by atoms with E-state index in [1.54, 1.807) is 100 Å². The maximum Gasteiger partial charge on any atom is 0.148 e. The molecule has 0 fully saturated rings. The van der Waals surface area contributed by atoms with Crippen molar-refractivity contribution < 1.29 is 38.4 Å². The molecule has 0 atom stereocenters. The number of aromatic amines is 1. The molecule has 65 heavy (non-hydrogen) atoms. The minimum atomic E-state index is 0. The van der Waals surface area contributed by atoms with Gasteiger partial charge in [0.15, 0.2) is 0 Å². The second kappa shape index (κ2) is 20.7. The molecule has 0 radical (unpaired) electrons. The minimum absolute atomic E-state index is 0. The molecule has 0 aliphatic heterocycles. The summed E-state index contributed by atoms with van der Waals surface area (Å²) in [5.74, 6) is 3.92. The summed E-state index contributed by atoms with van der Waals surface area (Å²) in [6.07, 6.45) is 10.4. The third-order valence-electron chi connectivity index (χ3n) is 9.91. The Morgan fingerprint density at radius 1 is 0.415 bits per heavy atom. The Labute approximate surface area is 398 Å². The number of H-pyrrole nitrogens is 1. The molecule has 0 saturated heterocycles.